The zero-order valence-electron chi connectivity index (χ0n) is 15.1. The second-order valence-corrected chi connectivity index (χ2v) is 6.21. The quantitative estimate of drug-likeness (QED) is 0.432. The molecule has 1 saturated carbocycles. The van der Waals surface area contributed by atoms with Gasteiger partial charge in [-0.15, -0.1) is 0 Å². The van der Waals surface area contributed by atoms with E-state index in [0.717, 1.165) is 25.7 Å². The molecule has 0 aliphatic heterocycles. The second-order valence-electron chi connectivity index (χ2n) is 6.21. The zero-order chi connectivity index (χ0) is 19.2. The molecule has 8 heteroatoms. The lowest BCUT2D eigenvalue weighted by molar-refractivity contribution is -0.132. The van der Waals surface area contributed by atoms with E-state index in [2.05, 4.69) is 4.98 Å². The van der Waals surface area contributed by atoms with Crippen LogP contribution in [-0.2, 0) is 9.53 Å². The average Bonchev–Trinajstić information content (AvgIpc) is 3.28. The minimum absolute atomic E-state index is 0.151. The maximum absolute atomic E-state index is 11.3. The lowest BCUT2D eigenvalue weighted by atomic mass is 10.2. The zero-order valence-corrected chi connectivity index (χ0v) is 15.1. The number of ether oxygens (including phenoxy) is 3. The fourth-order valence-electron chi connectivity index (χ4n) is 3.06. The van der Waals surface area contributed by atoms with Gasteiger partial charge in [-0.25, -0.2) is 4.79 Å². The molecule has 0 aromatic carbocycles. The van der Waals surface area contributed by atoms with E-state index in [1.807, 2.05) is 6.07 Å². The van der Waals surface area contributed by atoms with Gasteiger partial charge in [0, 0.05) is 13.3 Å². The highest BCUT2D eigenvalue weighted by Gasteiger charge is 2.21. The summed E-state index contributed by atoms with van der Waals surface area (Å²) in [4.78, 5) is 15.7. The number of carboxylic acid groups (broad SMARTS) is 1. The van der Waals surface area contributed by atoms with Crippen molar-refractivity contribution in [3.8, 4) is 17.7 Å². The standard InChI is InChI=1S/C19H21N3O5/c1-25-9-10-26-18-15(11-13(12-20)19(23)24)22-8-4-7-16(17(22)21-18)27-14-5-2-3-6-14/h4,7-8,11,14H,2-3,5-6,9-10H2,1H3,(H,23,24)/b13-11+. The molecule has 142 valence electrons. The molecule has 1 fully saturated rings. The van der Waals surface area contributed by atoms with Crippen molar-refractivity contribution in [1.82, 2.24) is 9.38 Å². The predicted molar refractivity (Wildman–Crippen MR) is 96.7 cm³/mol. The van der Waals surface area contributed by atoms with E-state index in [1.54, 1.807) is 29.8 Å². The van der Waals surface area contributed by atoms with Crippen LogP contribution in [0.25, 0.3) is 11.7 Å². The van der Waals surface area contributed by atoms with E-state index in [-0.39, 0.29) is 18.6 Å². The van der Waals surface area contributed by atoms with Crippen LogP contribution in [0.5, 0.6) is 11.6 Å². The number of hydrogen-bond acceptors (Lipinski definition) is 6. The van der Waals surface area contributed by atoms with E-state index in [1.165, 1.54) is 6.08 Å². The van der Waals surface area contributed by atoms with Crippen LogP contribution in [0.3, 0.4) is 0 Å². The van der Waals surface area contributed by atoms with E-state index < -0.39 is 11.5 Å². The van der Waals surface area contributed by atoms with Crippen molar-refractivity contribution < 1.29 is 24.1 Å². The smallest absolute Gasteiger partial charge is 0.346 e. The summed E-state index contributed by atoms with van der Waals surface area (Å²) in [5, 5.41) is 18.3. The molecule has 3 rings (SSSR count). The molecule has 0 atom stereocenters. The van der Waals surface area contributed by atoms with Crippen LogP contribution in [0.4, 0.5) is 0 Å². The number of pyridine rings is 1. The van der Waals surface area contributed by atoms with Gasteiger partial charge in [0.05, 0.1) is 12.7 Å². The van der Waals surface area contributed by atoms with Gasteiger partial charge in [0.1, 0.15) is 23.9 Å². The van der Waals surface area contributed by atoms with Crippen LogP contribution in [0.1, 0.15) is 31.4 Å². The first-order valence-electron chi connectivity index (χ1n) is 8.78. The van der Waals surface area contributed by atoms with Crippen molar-refractivity contribution in [2.45, 2.75) is 31.8 Å². The maximum Gasteiger partial charge on any atom is 0.346 e. The number of nitriles is 1. The fourth-order valence-corrected chi connectivity index (χ4v) is 3.06. The van der Waals surface area contributed by atoms with E-state index in [9.17, 15) is 9.90 Å². The molecule has 2 aromatic rings. The van der Waals surface area contributed by atoms with Crippen molar-refractivity contribution in [3.05, 3.63) is 29.6 Å². The lowest BCUT2D eigenvalue weighted by Crippen LogP contribution is -2.11. The van der Waals surface area contributed by atoms with Gasteiger partial charge >= 0.3 is 5.97 Å². The van der Waals surface area contributed by atoms with Gasteiger partial charge in [0.15, 0.2) is 11.4 Å². The number of aliphatic carboxylic acids is 1. The van der Waals surface area contributed by atoms with E-state index in [0.29, 0.717) is 23.7 Å². The Kier molecular flexibility index (Phi) is 5.94. The third-order valence-electron chi connectivity index (χ3n) is 4.37. The van der Waals surface area contributed by atoms with Gasteiger partial charge in [-0.05, 0) is 43.9 Å². The molecule has 2 heterocycles. The normalized spacial score (nSPS) is 15.0. The Bertz CT molecular complexity index is 891. The second kappa shape index (κ2) is 8.56. The molecule has 1 aliphatic carbocycles. The summed E-state index contributed by atoms with van der Waals surface area (Å²) in [6.45, 7) is 0.599. The first kappa shape index (κ1) is 18.7. The van der Waals surface area contributed by atoms with Crippen molar-refractivity contribution in [2.24, 2.45) is 0 Å². The van der Waals surface area contributed by atoms with Gasteiger partial charge < -0.3 is 19.3 Å². The number of rotatable bonds is 8. The monoisotopic (exact) mass is 371 g/mol. The minimum atomic E-state index is -1.31. The molecule has 0 amide bonds. The Morgan fingerprint density at radius 3 is 2.89 bits per heavy atom. The number of methoxy groups -OCH3 is 1. The molecule has 0 spiro atoms. The summed E-state index contributed by atoms with van der Waals surface area (Å²) in [5.74, 6) is -0.480. The molecule has 27 heavy (non-hydrogen) atoms. The van der Waals surface area contributed by atoms with Crippen molar-refractivity contribution in [2.75, 3.05) is 20.3 Å². The van der Waals surface area contributed by atoms with Crippen LogP contribution in [0, 0.1) is 11.3 Å². The summed E-state index contributed by atoms with van der Waals surface area (Å²) in [5.41, 5.74) is 0.484. The van der Waals surface area contributed by atoms with E-state index >= 15 is 0 Å². The molecule has 0 bridgehead atoms. The molecular formula is C19H21N3O5. The highest BCUT2D eigenvalue weighted by molar-refractivity contribution is 5.96. The number of imidazole rings is 1. The SMILES string of the molecule is COCCOc1nc2c(OC3CCCC3)cccn2c1/C=C(\C#N)C(=O)O. The third-order valence-corrected chi connectivity index (χ3v) is 4.37. The largest absolute Gasteiger partial charge is 0.487 e. The summed E-state index contributed by atoms with van der Waals surface area (Å²) in [6, 6.07) is 5.30. The van der Waals surface area contributed by atoms with Gasteiger partial charge in [-0.1, -0.05) is 0 Å². The molecule has 2 aromatic heterocycles. The highest BCUT2D eigenvalue weighted by atomic mass is 16.5. The summed E-state index contributed by atoms with van der Waals surface area (Å²) in [7, 11) is 1.56. The summed E-state index contributed by atoms with van der Waals surface area (Å²) in [6.07, 6.45) is 7.43. The molecule has 0 saturated heterocycles. The van der Waals surface area contributed by atoms with Gasteiger partial charge in [-0.3, -0.25) is 4.40 Å². The fraction of sp³-hybridized carbons (Fsp3) is 0.421. The molecule has 0 radical (unpaired) electrons. The number of aromatic nitrogens is 2. The molecule has 0 unspecified atom stereocenters. The first-order chi connectivity index (χ1) is 13.1. The van der Waals surface area contributed by atoms with Crippen molar-refractivity contribution >= 4 is 17.7 Å². The molecule has 8 nitrogen and oxygen atoms in total. The maximum atomic E-state index is 11.3. The predicted octanol–water partition coefficient (Wildman–Crippen LogP) is 2.67. The molecular weight excluding hydrogens is 350 g/mol. The first-order valence-corrected chi connectivity index (χ1v) is 8.78. The van der Waals surface area contributed by atoms with Crippen LogP contribution < -0.4 is 9.47 Å². The Balaban J connectivity index is 2.05. The summed E-state index contributed by atoms with van der Waals surface area (Å²) >= 11 is 0. The Morgan fingerprint density at radius 1 is 1.44 bits per heavy atom. The van der Waals surface area contributed by atoms with Gasteiger partial charge in [0.25, 0.3) is 0 Å². The van der Waals surface area contributed by atoms with Crippen LogP contribution in [-0.4, -0.2) is 46.9 Å². The number of nitrogens with zero attached hydrogens (tertiary/aromatic N) is 3. The summed E-state index contributed by atoms with van der Waals surface area (Å²) < 4.78 is 18.4. The number of carboxylic acids is 1. The lowest BCUT2D eigenvalue weighted by Gasteiger charge is -2.13. The van der Waals surface area contributed by atoms with Crippen molar-refractivity contribution in [3.63, 3.8) is 0 Å². The van der Waals surface area contributed by atoms with Crippen LogP contribution >= 0.6 is 0 Å². The Morgan fingerprint density at radius 2 is 2.22 bits per heavy atom. The van der Waals surface area contributed by atoms with E-state index in [4.69, 9.17) is 19.5 Å². The molecule has 1 N–H and O–H groups in total. The highest BCUT2D eigenvalue weighted by Crippen LogP contribution is 2.31. The van der Waals surface area contributed by atoms with Crippen LogP contribution in [0.2, 0.25) is 0 Å². The molecule has 1 aliphatic rings. The van der Waals surface area contributed by atoms with Gasteiger partial charge in [-0.2, -0.15) is 10.2 Å². The topological polar surface area (TPSA) is 106 Å². The van der Waals surface area contributed by atoms with Gasteiger partial charge in [0.2, 0.25) is 5.88 Å². The Hall–Kier alpha value is -3.05. The third kappa shape index (κ3) is 4.20. The Labute approximate surface area is 156 Å². The number of fused-ring (bicyclic) bond motifs is 1. The number of hydrogen-bond donors (Lipinski definition) is 1. The average molecular weight is 371 g/mol. The van der Waals surface area contributed by atoms with Crippen LogP contribution in [0.15, 0.2) is 23.9 Å². The van der Waals surface area contributed by atoms with Crippen molar-refractivity contribution in [1.29, 1.82) is 5.26 Å². The minimum Gasteiger partial charge on any atom is -0.487 e. The number of carbonyl (C=O) groups is 1.